The smallest absolute Gasteiger partial charge is 0.243 e. The maximum atomic E-state index is 13.4. The average molecular weight is 514 g/mol. The molecule has 1 heterocycles. The zero-order valence-electron chi connectivity index (χ0n) is 19.4. The minimum Gasteiger partial charge on any atom is -0.299 e. The fourth-order valence-corrected chi connectivity index (χ4v) is 6.84. The Labute approximate surface area is 209 Å². The number of halogens is 2. The molecule has 1 aromatic heterocycles. The SMILES string of the molecule is CC(=O)[C@]12Cc3cnn(-c4ccc(F)cc4)c3C=C1CC[C@H](N(C)S(=O)(=O)c1ccc(Cl)cc1)C2. The number of benzene rings is 2. The summed E-state index contributed by atoms with van der Waals surface area (Å²) in [6.07, 6.45) is 5.81. The highest BCUT2D eigenvalue weighted by Crippen LogP contribution is 2.50. The standard InChI is InChI=1S/C26H25ClFN3O3S/c1-17(32)26-14-18-16-29-31(22-9-6-21(28)7-10-22)25(18)13-19(26)3-8-23(15-26)30(2)35(33,34)24-11-4-20(27)5-12-24/h4-7,9-13,16,23H,3,8,14-15H2,1-2H3/t23-,26+/m0/s1. The number of allylic oxidation sites excluding steroid dienone is 1. The second-order valence-electron chi connectivity index (χ2n) is 9.30. The Balaban J connectivity index is 1.48. The molecule has 35 heavy (non-hydrogen) atoms. The summed E-state index contributed by atoms with van der Waals surface area (Å²) in [5.41, 5.74) is 2.74. The van der Waals surface area contributed by atoms with E-state index in [-0.39, 0.29) is 22.5 Å². The minimum atomic E-state index is -3.74. The lowest BCUT2D eigenvalue weighted by Crippen LogP contribution is -2.48. The highest BCUT2D eigenvalue weighted by molar-refractivity contribution is 7.89. The molecule has 2 atom stereocenters. The van der Waals surface area contributed by atoms with Crippen molar-refractivity contribution >= 4 is 33.5 Å². The minimum absolute atomic E-state index is 0.0194. The molecule has 9 heteroatoms. The van der Waals surface area contributed by atoms with E-state index in [1.54, 1.807) is 49.1 Å². The Hall–Kier alpha value is -2.81. The Bertz CT molecular complexity index is 1430. The van der Waals surface area contributed by atoms with E-state index in [1.165, 1.54) is 28.6 Å². The van der Waals surface area contributed by atoms with Gasteiger partial charge in [-0.3, -0.25) is 4.79 Å². The molecule has 0 spiro atoms. The number of carbonyl (C=O) groups is 1. The predicted molar refractivity (Wildman–Crippen MR) is 132 cm³/mol. The first-order valence-electron chi connectivity index (χ1n) is 11.4. The van der Waals surface area contributed by atoms with Crippen LogP contribution in [-0.4, -0.2) is 41.4 Å². The van der Waals surface area contributed by atoms with E-state index in [2.05, 4.69) is 5.10 Å². The average Bonchev–Trinajstić information content (AvgIpc) is 3.24. The molecule has 6 nitrogen and oxygen atoms in total. The lowest BCUT2D eigenvalue weighted by molar-refractivity contribution is -0.126. The zero-order chi connectivity index (χ0) is 25.0. The van der Waals surface area contributed by atoms with Crippen LogP contribution in [0.2, 0.25) is 5.02 Å². The van der Waals surface area contributed by atoms with Gasteiger partial charge in [0.2, 0.25) is 10.0 Å². The molecule has 1 saturated carbocycles. The number of carbonyl (C=O) groups excluding carboxylic acids is 1. The Kier molecular flexibility index (Phi) is 5.94. The van der Waals surface area contributed by atoms with Crippen molar-refractivity contribution in [3.8, 4) is 5.69 Å². The Morgan fingerprint density at radius 3 is 2.51 bits per heavy atom. The maximum Gasteiger partial charge on any atom is 0.243 e. The maximum absolute atomic E-state index is 13.4. The van der Waals surface area contributed by atoms with Crippen molar-refractivity contribution in [2.24, 2.45) is 5.41 Å². The van der Waals surface area contributed by atoms with Gasteiger partial charge in [-0.15, -0.1) is 0 Å². The van der Waals surface area contributed by atoms with E-state index in [4.69, 9.17) is 11.6 Å². The van der Waals surface area contributed by atoms with Crippen LogP contribution in [0.5, 0.6) is 0 Å². The van der Waals surface area contributed by atoms with Crippen molar-refractivity contribution in [2.75, 3.05) is 7.05 Å². The van der Waals surface area contributed by atoms with Gasteiger partial charge in [-0.05, 0) is 92.8 Å². The second-order valence-corrected chi connectivity index (χ2v) is 11.7. The number of rotatable bonds is 5. The molecule has 5 rings (SSSR count). The Morgan fingerprint density at radius 2 is 1.86 bits per heavy atom. The summed E-state index contributed by atoms with van der Waals surface area (Å²) >= 11 is 5.93. The number of ketones is 1. The van der Waals surface area contributed by atoms with Gasteiger partial charge in [0.1, 0.15) is 11.6 Å². The number of nitrogens with zero attached hydrogens (tertiary/aromatic N) is 3. The van der Waals surface area contributed by atoms with Gasteiger partial charge < -0.3 is 0 Å². The van der Waals surface area contributed by atoms with Crippen molar-refractivity contribution in [1.82, 2.24) is 14.1 Å². The van der Waals surface area contributed by atoms with Crippen LogP contribution in [0.1, 0.15) is 37.4 Å². The highest BCUT2D eigenvalue weighted by Gasteiger charge is 2.48. The van der Waals surface area contributed by atoms with Gasteiger partial charge >= 0.3 is 0 Å². The van der Waals surface area contributed by atoms with E-state index in [0.717, 1.165) is 22.5 Å². The molecular weight excluding hydrogens is 489 g/mol. The van der Waals surface area contributed by atoms with Crippen molar-refractivity contribution in [1.29, 1.82) is 0 Å². The third-order valence-corrected chi connectivity index (χ3v) is 9.56. The first kappa shape index (κ1) is 23.9. The van der Waals surface area contributed by atoms with Crippen LogP contribution in [0.25, 0.3) is 11.8 Å². The number of hydrogen-bond donors (Lipinski definition) is 0. The van der Waals surface area contributed by atoms with Gasteiger partial charge in [-0.25, -0.2) is 17.5 Å². The van der Waals surface area contributed by atoms with Crippen molar-refractivity contribution < 1.29 is 17.6 Å². The molecule has 0 amide bonds. The topological polar surface area (TPSA) is 72.3 Å². The summed E-state index contributed by atoms with van der Waals surface area (Å²) < 4.78 is 43.2. The van der Waals surface area contributed by atoms with Crippen molar-refractivity contribution in [3.05, 3.63) is 82.4 Å². The van der Waals surface area contributed by atoms with Gasteiger partial charge in [0.05, 0.1) is 27.9 Å². The zero-order valence-corrected chi connectivity index (χ0v) is 21.0. The monoisotopic (exact) mass is 513 g/mol. The summed E-state index contributed by atoms with van der Waals surface area (Å²) in [6, 6.07) is 11.9. The molecule has 2 aromatic carbocycles. The summed E-state index contributed by atoms with van der Waals surface area (Å²) in [5.74, 6) is -0.300. The summed E-state index contributed by atoms with van der Waals surface area (Å²) in [6.45, 7) is 1.58. The van der Waals surface area contributed by atoms with Crippen LogP contribution in [0, 0.1) is 11.2 Å². The number of Topliss-reactive ketones (excluding diaryl/α,β-unsaturated/α-hetero) is 1. The van der Waals surface area contributed by atoms with Crippen LogP contribution < -0.4 is 0 Å². The molecule has 2 aliphatic carbocycles. The molecule has 0 N–H and O–H groups in total. The Morgan fingerprint density at radius 1 is 1.17 bits per heavy atom. The number of sulfonamides is 1. The van der Waals surface area contributed by atoms with Gasteiger partial charge in [-0.2, -0.15) is 9.40 Å². The van der Waals surface area contributed by atoms with E-state index < -0.39 is 15.4 Å². The normalized spacial score (nSPS) is 21.9. The molecule has 1 fully saturated rings. The van der Waals surface area contributed by atoms with E-state index >= 15 is 0 Å². The molecule has 0 aliphatic heterocycles. The van der Waals surface area contributed by atoms with E-state index in [1.807, 2.05) is 6.08 Å². The number of hydrogen-bond acceptors (Lipinski definition) is 4. The fourth-order valence-electron chi connectivity index (χ4n) is 5.33. The highest BCUT2D eigenvalue weighted by atomic mass is 35.5. The molecule has 182 valence electrons. The number of fused-ring (bicyclic) bond motifs is 2. The third kappa shape index (κ3) is 4.03. The van der Waals surface area contributed by atoms with Crippen LogP contribution in [0.4, 0.5) is 4.39 Å². The molecule has 0 saturated heterocycles. The van der Waals surface area contributed by atoms with Crippen LogP contribution in [0.3, 0.4) is 0 Å². The fraction of sp³-hybridized carbons (Fsp3) is 0.308. The molecule has 0 unspecified atom stereocenters. The summed E-state index contributed by atoms with van der Waals surface area (Å²) in [5, 5.41) is 4.97. The molecule has 0 bridgehead atoms. The van der Waals surface area contributed by atoms with Gasteiger partial charge in [-0.1, -0.05) is 17.2 Å². The lowest BCUT2D eigenvalue weighted by Gasteiger charge is -2.45. The largest absolute Gasteiger partial charge is 0.299 e. The summed E-state index contributed by atoms with van der Waals surface area (Å²) in [7, 11) is -2.16. The second kappa shape index (κ2) is 8.69. The quantitative estimate of drug-likeness (QED) is 0.478. The van der Waals surface area contributed by atoms with Crippen LogP contribution >= 0.6 is 11.6 Å². The number of aromatic nitrogens is 2. The summed E-state index contributed by atoms with van der Waals surface area (Å²) in [4.78, 5) is 13.3. The van der Waals surface area contributed by atoms with Crippen molar-refractivity contribution in [2.45, 2.75) is 43.5 Å². The van der Waals surface area contributed by atoms with Gasteiger partial charge in [0, 0.05) is 18.1 Å². The van der Waals surface area contributed by atoms with Crippen LogP contribution in [-0.2, 0) is 21.2 Å². The van der Waals surface area contributed by atoms with Crippen LogP contribution in [0.15, 0.2) is 65.2 Å². The first-order chi connectivity index (χ1) is 16.6. The van der Waals surface area contributed by atoms with Gasteiger partial charge in [0.15, 0.2) is 0 Å². The van der Waals surface area contributed by atoms with E-state index in [0.29, 0.717) is 30.7 Å². The lowest BCUT2D eigenvalue weighted by atomic mass is 9.61. The third-order valence-electron chi connectivity index (χ3n) is 7.39. The molecule has 2 aliphatic rings. The first-order valence-corrected chi connectivity index (χ1v) is 13.2. The molecule has 3 aromatic rings. The van der Waals surface area contributed by atoms with Gasteiger partial charge in [0.25, 0.3) is 0 Å². The predicted octanol–water partition coefficient (Wildman–Crippen LogP) is 5.05. The molecular formula is C26H25ClFN3O3S. The molecule has 0 radical (unpaired) electrons. The van der Waals surface area contributed by atoms with Crippen molar-refractivity contribution in [3.63, 3.8) is 0 Å². The van der Waals surface area contributed by atoms with E-state index in [9.17, 15) is 17.6 Å².